The maximum Gasteiger partial charge on any atom is 0.244 e. The summed E-state index contributed by atoms with van der Waals surface area (Å²) in [6.07, 6.45) is 1.19. The zero-order valence-electron chi connectivity index (χ0n) is 10.7. The highest BCUT2D eigenvalue weighted by Crippen LogP contribution is 2.23. The van der Waals surface area contributed by atoms with Crippen LogP contribution in [-0.2, 0) is 10.3 Å². The van der Waals surface area contributed by atoms with E-state index in [1.54, 1.807) is 6.92 Å². The maximum atomic E-state index is 12.2. The molecular weight excluding hydrogens is 244 g/mol. The number of nitrogens with two attached hydrogens (primary N) is 1. The van der Waals surface area contributed by atoms with E-state index < -0.39 is 5.54 Å². The quantitative estimate of drug-likeness (QED) is 0.871. The lowest BCUT2D eigenvalue weighted by Crippen LogP contribution is -2.50. The largest absolute Gasteiger partial charge is 0.354 e. The van der Waals surface area contributed by atoms with Crippen molar-refractivity contribution < 1.29 is 4.79 Å². The molecule has 1 amide bonds. The molecule has 3 nitrogen and oxygen atoms in total. The molecule has 2 rings (SSSR count). The smallest absolute Gasteiger partial charge is 0.244 e. The molecular formula is C14H20N2OS. The summed E-state index contributed by atoms with van der Waals surface area (Å²) in [4.78, 5) is 12.2. The van der Waals surface area contributed by atoms with Gasteiger partial charge in [-0.15, -0.1) is 0 Å². The van der Waals surface area contributed by atoms with Crippen LogP contribution in [0.4, 0.5) is 0 Å². The van der Waals surface area contributed by atoms with Crippen LogP contribution in [0, 0.1) is 5.92 Å². The van der Waals surface area contributed by atoms with Crippen molar-refractivity contribution in [2.75, 3.05) is 18.1 Å². The van der Waals surface area contributed by atoms with Gasteiger partial charge in [0.2, 0.25) is 5.91 Å². The van der Waals surface area contributed by atoms with Gasteiger partial charge in [0.25, 0.3) is 0 Å². The Balaban J connectivity index is 1.94. The molecule has 1 aliphatic heterocycles. The van der Waals surface area contributed by atoms with Crippen LogP contribution in [0.2, 0.25) is 0 Å². The van der Waals surface area contributed by atoms with Gasteiger partial charge in [0.15, 0.2) is 0 Å². The highest BCUT2D eigenvalue weighted by Gasteiger charge is 2.30. The van der Waals surface area contributed by atoms with E-state index in [4.69, 9.17) is 5.73 Å². The fraction of sp³-hybridized carbons (Fsp3) is 0.500. The lowest BCUT2D eigenvalue weighted by atomic mass is 9.92. The predicted octanol–water partition coefficient (Wildman–Crippen LogP) is 1.73. The summed E-state index contributed by atoms with van der Waals surface area (Å²) in [5.41, 5.74) is 6.05. The van der Waals surface area contributed by atoms with Crippen LogP contribution in [0.1, 0.15) is 18.9 Å². The lowest BCUT2D eigenvalue weighted by molar-refractivity contribution is -0.126. The third kappa shape index (κ3) is 3.06. The van der Waals surface area contributed by atoms with Crippen molar-refractivity contribution in [1.82, 2.24) is 5.32 Å². The van der Waals surface area contributed by atoms with E-state index in [2.05, 4.69) is 5.32 Å². The number of thioether (sulfide) groups is 1. The van der Waals surface area contributed by atoms with Gasteiger partial charge in [0.1, 0.15) is 5.54 Å². The average Bonchev–Trinajstić information content (AvgIpc) is 2.90. The number of benzene rings is 1. The van der Waals surface area contributed by atoms with Crippen LogP contribution in [-0.4, -0.2) is 24.0 Å². The molecule has 18 heavy (non-hydrogen) atoms. The Kier molecular flexibility index (Phi) is 4.30. The topological polar surface area (TPSA) is 55.1 Å². The molecule has 0 saturated carbocycles. The minimum atomic E-state index is -0.951. The summed E-state index contributed by atoms with van der Waals surface area (Å²) in [6.45, 7) is 2.51. The molecule has 1 aromatic rings. The van der Waals surface area contributed by atoms with Gasteiger partial charge in [-0.2, -0.15) is 11.8 Å². The second-order valence-corrected chi connectivity index (χ2v) is 6.16. The van der Waals surface area contributed by atoms with Crippen molar-refractivity contribution in [2.24, 2.45) is 11.7 Å². The first-order chi connectivity index (χ1) is 8.60. The molecule has 1 aliphatic rings. The SMILES string of the molecule is CC(N)(C(=O)NCC1CCSC1)c1ccccc1. The first kappa shape index (κ1) is 13.4. The number of rotatable bonds is 4. The molecule has 1 aromatic carbocycles. The van der Waals surface area contributed by atoms with E-state index >= 15 is 0 Å². The summed E-state index contributed by atoms with van der Waals surface area (Å²) < 4.78 is 0. The van der Waals surface area contributed by atoms with Crippen molar-refractivity contribution in [3.63, 3.8) is 0 Å². The van der Waals surface area contributed by atoms with Gasteiger partial charge in [0.05, 0.1) is 0 Å². The Morgan fingerprint density at radius 2 is 2.22 bits per heavy atom. The minimum absolute atomic E-state index is 0.0920. The summed E-state index contributed by atoms with van der Waals surface area (Å²) in [6, 6.07) is 9.52. The fourth-order valence-electron chi connectivity index (χ4n) is 2.08. The molecule has 2 atom stereocenters. The van der Waals surface area contributed by atoms with Crippen LogP contribution in [0.3, 0.4) is 0 Å². The molecule has 0 bridgehead atoms. The Bertz CT molecular complexity index is 400. The zero-order valence-corrected chi connectivity index (χ0v) is 11.5. The third-order valence-electron chi connectivity index (χ3n) is 3.42. The Hall–Kier alpha value is -1.00. The lowest BCUT2D eigenvalue weighted by Gasteiger charge is -2.25. The van der Waals surface area contributed by atoms with Crippen molar-refractivity contribution in [3.8, 4) is 0 Å². The van der Waals surface area contributed by atoms with Gasteiger partial charge in [-0.25, -0.2) is 0 Å². The van der Waals surface area contributed by atoms with E-state index in [9.17, 15) is 4.79 Å². The van der Waals surface area contributed by atoms with Gasteiger partial charge in [-0.05, 0) is 36.3 Å². The number of nitrogens with one attached hydrogen (secondary N) is 1. The Morgan fingerprint density at radius 3 is 2.83 bits per heavy atom. The molecule has 2 unspecified atom stereocenters. The number of hydrogen-bond donors (Lipinski definition) is 2. The first-order valence-corrected chi connectivity index (χ1v) is 7.46. The van der Waals surface area contributed by atoms with E-state index in [1.807, 2.05) is 42.1 Å². The predicted molar refractivity (Wildman–Crippen MR) is 76.4 cm³/mol. The molecule has 0 aromatic heterocycles. The highest BCUT2D eigenvalue weighted by molar-refractivity contribution is 7.99. The van der Waals surface area contributed by atoms with Gasteiger partial charge in [-0.1, -0.05) is 30.3 Å². The molecule has 0 aliphatic carbocycles. The van der Waals surface area contributed by atoms with Crippen LogP contribution >= 0.6 is 11.8 Å². The number of amides is 1. The monoisotopic (exact) mass is 264 g/mol. The normalized spacial score (nSPS) is 22.4. The molecule has 98 valence electrons. The second kappa shape index (κ2) is 5.76. The highest BCUT2D eigenvalue weighted by atomic mass is 32.2. The number of hydrogen-bond acceptors (Lipinski definition) is 3. The third-order valence-corrected chi connectivity index (χ3v) is 4.65. The molecule has 0 radical (unpaired) electrons. The standard InChI is InChI=1S/C14H20N2OS/c1-14(15,12-5-3-2-4-6-12)13(17)16-9-11-7-8-18-10-11/h2-6,11H,7-10,15H2,1H3,(H,16,17). The second-order valence-electron chi connectivity index (χ2n) is 5.01. The molecule has 4 heteroatoms. The van der Waals surface area contributed by atoms with E-state index in [0.717, 1.165) is 17.9 Å². The molecule has 1 fully saturated rings. The summed E-state index contributed by atoms with van der Waals surface area (Å²) in [5.74, 6) is 2.86. The molecule has 3 N–H and O–H groups in total. The van der Waals surface area contributed by atoms with Gasteiger partial charge < -0.3 is 11.1 Å². The van der Waals surface area contributed by atoms with Crippen molar-refractivity contribution in [1.29, 1.82) is 0 Å². The van der Waals surface area contributed by atoms with Crippen molar-refractivity contribution in [2.45, 2.75) is 18.9 Å². The fourth-order valence-corrected chi connectivity index (χ4v) is 3.36. The van der Waals surface area contributed by atoms with Crippen LogP contribution < -0.4 is 11.1 Å². The van der Waals surface area contributed by atoms with Gasteiger partial charge in [-0.3, -0.25) is 4.79 Å². The van der Waals surface area contributed by atoms with Gasteiger partial charge in [0, 0.05) is 6.54 Å². The zero-order chi connectivity index (χ0) is 13.0. The van der Waals surface area contributed by atoms with Crippen molar-refractivity contribution in [3.05, 3.63) is 35.9 Å². The number of carbonyl (C=O) groups excluding carboxylic acids is 1. The van der Waals surface area contributed by atoms with Crippen LogP contribution in [0.5, 0.6) is 0 Å². The van der Waals surface area contributed by atoms with Gasteiger partial charge >= 0.3 is 0 Å². The average molecular weight is 264 g/mol. The van der Waals surface area contributed by atoms with E-state index in [1.165, 1.54) is 12.2 Å². The summed E-state index contributed by atoms with van der Waals surface area (Å²) >= 11 is 1.96. The van der Waals surface area contributed by atoms with E-state index in [-0.39, 0.29) is 5.91 Å². The summed E-state index contributed by atoms with van der Waals surface area (Å²) in [7, 11) is 0. The number of carbonyl (C=O) groups is 1. The molecule has 1 saturated heterocycles. The summed E-state index contributed by atoms with van der Waals surface area (Å²) in [5, 5.41) is 2.99. The maximum absolute atomic E-state index is 12.2. The molecule has 1 heterocycles. The first-order valence-electron chi connectivity index (χ1n) is 6.31. The minimum Gasteiger partial charge on any atom is -0.354 e. The Labute approximate surface area is 113 Å². The van der Waals surface area contributed by atoms with Crippen LogP contribution in [0.15, 0.2) is 30.3 Å². The van der Waals surface area contributed by atoms with Crippen LogP contribution in [0.25, 0.3) is 0 Å². The van der Waals surface area contributed by atoms with E-state index in [0.29, 0.717) is 5.92 Å². The Morgan fingerprint density at radius 1 is 1.50 bits per heavy atom. The molecule has 0 spiro atoms. The van der Waals surface area contributed by atoms with Crippen molar-refractivity contribution >= 4 is 17.7 Å².